The highest BCUT2D eigenvalue weighted by Gasteiger charge is 2.20. The predicted molar refractivity (Wildman–Crippen MR) is 101 cm³/mol. The van der Waals surface area contributed by atoms with Crippen molar-refractivity contribution in [2.75, 3.05) is 11.9 Å². The fourth-order valence-electron chi connectivity index (χ4n) is 2.69. The smallest absolute Gasteiger partial charge is 0.259 e. The molecule has 0 radical (unpaired) electrons. The fraction of sp³-hybridized carbons (Fsp3) is 0.350. The van der Waals surface area contributed by atoms with Gasteiger partial charge in [0.25, 0.3) is 11.6 Å². The SMILES string of the molecule is CCCOc1ccccc1NC(=O)c1cc(C(C)C)nc2onc(C)c12. The van der Waals surface area contributed by atoms with Crippen LogP contribution in [0.1, 0.15) is 54.9 Å². The minimum Gasteiger partial charge on any atom is -0.491 e. The van der Waals surface area contributed by atoms with Crippen molar-refractivity contribution in [3.63, 3.8) is 0 Å². The minimum absolute atomic E-state index is 0.163. The quantitative estimate of drug-likeness (QED) is 0.695. The second kappa shape index (κ2) is 7.56. The number of ether oxygens (including phenoxy) is 1. The lowest BCUT2D eigenvalue weighted by Crippen LogP contribution is -2.14. The van der Waals surface area contributed by atoms with Gasteiger partial charge in [-0.2, -0.15) is 0 Å². The number of hydrogen-bond donors (Lipinski definition) is 1. The third kappa shape index (κ3) is 3.54. The molecule has 0 atom stereocenters. The number of aromatic nitrogens is 2. The molecule has 1 N–H and O–H groups in total. The molecular weight excluding hydrogens is 330 g/mol. The van der Waals surface area contributed by atoms with Gasteiger partial charge in [-0.05, 0) is 37.5 Å². The lowest BCUT2D eigenvalue weighted by molar-refractivity contribution is 0.102. The van der Waals surface area contributed by atoms with E-state index in [0.29, 0.717) is 40.4 Å². The van der Waals surface area contributed by atoms with Gasteiger partial charge in [-0.1, -0.05) is 38.1 Å². The lowest BCUT2D eigenvalue weighted by atomic mass is 10.0. The van der Waals surface area contributed by atoms with Crippen LogP contribution < -0.4 is 10.1 Å². The van der Waals surface area contributed by atoms with Crippen LogP contribution in [0.5, 0.6) is 5.75 Å². The van der Waals surface area contributed by atoms with E-state index in [0.717, 1.165) is 12.1 Å². The van der Waals surface area contributed by atoms with E-state index in [2.05, 4.69) is 15.5 Å². The van der Waals surface area contributed by atoms with E-state index >= 15 is 0 Å². The minimum atomic E-state index is -0.238. The second-order valence-electron chi connectivity index (χ2n) is 6.50. The number of benzene rings is 1. The number of carbonyl (C=O) groups excluding carboxylic acids is 1. The number of para-hydroxylation sites is 2. The molecule has 1 amide bonds. The zero-order valence-electron chi connectivity index (χ0n) is 15.5. The van der Waals surface area contributed by atoms with E-state index < -0.39 is 0 Å². The molecule has 1 aromatic carbocycles. The van der Waals surface area contributed by atoms with Crippen LogP contribution in [0.4, 0.5) is 5.69 Å². The standard InChI is InChI=1S/C20H23N3O3/c1-5-10-25-17-9-7-6-8-15(17)21-19(24)14-11-16(12(2)3)22-20-18(14)13(4)23-26-20/h6-9,11-12H,5,10H2,1-4H3,(H,21,24). The number of anilines is 1. The molecule has 26 heavy (non-hydrogen) atoms. The molecule has 0 saturated carbocycles. The highest BCUT2D eigenvalue weighted by Crippen LogP contribution is 2.28. The van der Waals surface area contributed by atoms with E-state index in [1.54, 1.807) is 6.92 Å². The Kier molecular flexibility index (Phi) is 5.21. The average molecular weight is 353 g/mol. The first-order valence-electron chi connectivity index (χ1n) is 8.81. The molecule has 2 heterocycles. The number of fused-ring (bicyclic) bond motifs is 1. The van der Waals surface area contributed by atoms with Crippen molar-refractivity contribution >= 4 is 22.7 Å². The Morgan fingerprint density at radius 1 is 1.31 bits per heavy atom. The molecule has 0 aliphatic heterocycles. The summed E-state index contributed by atoms with van der Waals surface area (Å²) in [4.78, 5) is 17.5. The molecule has 0 saturated heterocycles. The van der Waals surface area contributed by atoms with Crippen LogP contribution in [0.25, 0.3) is 11.1 Å². The molecule has 6 nitrogen and oxygen atoms in total. The van der Waals surface area contributed by atoms with Gasteiger partial charge in [0.1, 0.15) is 5.75 Å². The van der Waals surface area contributed by atoms with Crippen LogP contribution in [-0.2, 0) is 0 Å². The number of rotatable bonds is 6. The Labute approximate surface area is 152 Å². The van der Waals surface area contributed by atoms with Crippen LogP contribution in [0, 0.1) is 6.92 Å². The first kappa shape index (κ1) is 17.9. The predicted octanol–water partition coefficient (Wildman–Crippen LogP) is 4.70. The number of nitrogens with zero attached hydrogens (tertiary/aromatic N) is 2. The summed E-state index contributed by atoms with van der Waals surface area (Å²) in [5.74, 6) is 0.578. The van der Waals surface area contributed by atoms with Gasteiger partial charge in [0.15, 0.2) is 0 Å². The van der Waals surface area contributed by atoms with Crippen molar-refractivity contribution in [2.45, 2.75) is 40.0 Å². The van der Waals surface area contributed by atoms with Crippen LogP contribution >= 0.6 is 0 Å². The van der Waals surface area contributed by atoms with Gasteiger partial charge >= 0.3 is 0 Å². The zero-order chi connectivity index (χ0) is 18.7. The Morgan fingerprint density at radius 2 is 2.08 bits per heavy atom. The molecule has 0 fully saturated rings. The van der Waals surface area contributed by atoms with Crippen molar-refractivity contribution in [1.82, 2.24) is 10.1 Å². The van der Waals surface area contributed by atoms with Crippen LogP contribution in [0.3, 0.4) is 0 Å². The van der Waals surface area contributed by atoms with Gasteiger partial charge in [0, 0.05) is 5.69 Å². The van der Waals surface area contributed by atoms with Crippen molar-refractivity contribution in [1.29, 1.82) is 0 Å². The molecule has 0 unspecified atom stereocenters. The average Bonchev–Trinajstić information content (AvgIpc) is 3.01. The summed E-state index contributed by atoms with van der Waals surface area (Å²) in [5.41, 5.74) is 2.95. The highest BCUT2D eigenvalue weighted by atomic mass is 16.5. The molecule has 6 heteroatoms. The largest absolute Gasteiger partial charge is 0.491 e. The van der Waals surface area contributed by atoms with E-state index in [9.17, 15) is 4.79 Å². The summed E-state index contributed by atoms with van der Waals surface area (Å²) < 4.78 is 11.0. The van der Waals surface area contributed by atoms with E-state index in [1.807, 2.05) is 51.1 Å². The van der Waals surface area contributed by atoms with Crippen molar-refractivity contribution in [2.24, 2.45) is 0 Å². The summed E-state index contributed by atoms with van der Waals surface area (Å²) in [7, 11) is 0. The first-order valence-corrected chi connectivity index (χ1v) is 8.81. The van der Waals surface area contributed by atoms with Gasteiger partial charge in [0.2, 0.25) is 0 Å². The Balaban J connectivity index is 1.99. The molecule has 0 bridgehead atoms. The topological polar surface area (TPSA) is 77.2 Å². The normalized spacial score (nSPS) is 11.1. The molecule has 0 aliphatic carbocycles. The van der Waals surface area contributed by atoms with Gasteiger partial charge in [-0.15, -0.1) is 0 Å². The fourth-order valence-corrected chi connectivity index (χ4v) is 2.69. The highest BCUT2D eigenvalue weighted by molar-refractivity contribution is 6.12. The van der Waals surface area contributed by atoms with Crippen molar-refractivity contribution in [3.8, 4) is 5.75 Å². The number of nitrogens with one attached hydrogen (secondary N) is 1. The van der Waals surface area contributed by atoms with E-state index in [-0.39, 0.29) is 11.8 Å². The van der Waals surface area contributed by atoms with E-state index in [1.165, 1.54) is 0 Å². The van der Waals surface area contributed by atoms with Gasteiger partial charge < -0.3 is 14.6 Å². The maximum absolute atomic E-state index is 13.0. The maximum Gasteiger partial charge on any atom is 0.259 e. The molecular formula is C20H23N3O3. The molecule has 3 rings (SSSR count). The molecule has 2 aromatic heterocycles. The third-order valence-corrected chi connectivity index (χ3v) is 4.07. The van der Waals surface area contributed by atoms with Crippen LogP contribution in [0.2, 0.25) is 0 Å². The molecule has 136 valence electrons. The third-order valence-electron chi connectivity index (χ3n) is 4.07. The number of amides is 1. The monoisotopic (exact) mass is 353 g/mol. The summed E-state index contributed by atoms with van der Waals surface area (Å²) in [6, 6.07) is 9.22. The van der Waals surface area contributed by atoms with Crippen molar-refractivity contribution < 1.29 is 14.1 Å². The summed E-state index contributed by atoms with van der Waals surface area (Å²) >= 11 is 0. The number of carbonyl (C=O) groups is 1. The molecule has 3 aromatic rings. The summed E-state index contributed by atoms with van der Waals surface area (Å²) in [6.45, 7) is 8.48. The van der Waals surface area contributed by atoms with Crippen molar-refractivity contribution in [3.05, 3.63) is 47.3 Å². The molecule has 0 aliphatic rings. The van der Waals surface area contributed by atoms with Crippen LogP contribution in [-0.4, -0.2) is 22.7 Å². The number of hydrogen-bond acceptors (Lipinski definition) is 5. The lowest BCUT2D eigenvalue weighted by Gasteiger charge is -2.13. The summed E-state index contributed by atoms with van der Waals surface area (Å²) in [5, 5.41) is 7.55. The van der Waals surface area contributed by atoms with Gasteiger partial charge in [-0.25, -0.2) is 4.98 Å². The first-order chi connectivity index (χ1) is 12.5. The van der Waals surface area contributed by atoms with E-state index in [4.69, 9.17) is 9.26 Å². The molecule has 0 spiro atoms. The Hall–Kier alpha value is -2.89. The van der Waals surface area contributed by atoms with Crippen LogP contribution in [0.15, 0.2) is 34.9 Å². The zero-order valence-corrected chi connectivity index (χ0v) is 15.5. The number of aryl methyl sites for hydroxylation is 1. The second-order valence-corrected chi connectivity index (χ2v) is 6.50. The van der Waals surface area contributed by atoms with Gasteiger partial charge in [-0.3, -0.25) is 4.79 Å². The maximum atomic E-state index is 13.0. The van der Waals surface area contributed by atoms with Gasteiger partial charge in [0.05, 0.1) is 28.9 Å². The Morgan fingerprint density at radius 3 is 2.81 bits per heavy atom. The summed E-state index contributed by atoms with van der Waals surface area (Å²) in [6.07, 6.45) is 0.894. The number of pyridine rings is 1. The Bertz CT molecular complexity index is 931.